The Kier molecular flexibility index (Phi) is 13.3. The fourth-order valence-corrected chi connectivity index (χ4v) is 0.822. The fraction of sp³-hybridized carbons (Fsp3) is 0.800. The summed E-state index contributed by atoms with van der Waals surface area (Å²) in [5.74, 6) is 0. The minimum absolute atomic E-state index is 0.282. The van der Waals surface area contributed by atoms with Crippen LogP contribution in [-0.4, -0.2) is 30.9 Å². The Morgan fingerprint density at radius 3 is 2.00 bits per heavy atom. The first-order valence-corrected chi connectivity index (χ1v) is 6.95. The van der Waals surface area contributed by atoms with Gasteiger partial charge in [-0.3, -0.25) is 4.55 Å². The molecule has 92 valence electrons. The van der Waals surface area contributed by atoms with Crippen LogP contribution in [0.3, 0.4) is 0 Å². The van der Waals surface area contributed by atoms with Gasteiger partial charge in [-0.15, -0.1) is 0 Å². The molecule has 0 saturated carbocycles. The van der Waals surface area contributed by atoms with Gasteiger partial charge in [0.25, 0.3) is 10.1 Å². The monoisotopic (exact) mass is 238 g/mol. The van der Waals surface area contributed by atoms with Crippen LogP contribution >= 0.6 is 0 Å². The van der Waals surface area contributed by atoms with E-state index in [1.807, 2.05) is 0 Å². The van der Waals surface area contributed by atoms with Crippen LogP contribution in [0.4, 0.5) is 0 Å². The van der Waals surface area contributed by atoms with Crippen molar-refractivity contribution in [2.24, 2.45) is 0 Å². The van der Waals surface area contributed by atoms with Crippen LogP contribution < -0.4 is 0 Å². The van der Waals surface area contributed by atoms with Gasteiger partial charge in [0.2, 0.25) is 0 Å². The van der Waals surface area contributed by atoms with Crippen LogP contribution in [0.25, 0.3) is 0 Å². The van der Waals surface area contributed by atoms with Gasteiger partial charge in [0.1, 0.15) is 0 Å². The second kappa shape index (κ2) is 11.7. The van der Waals surface area contributed by atoms with E-state index >= 15 is 0 Å². The van der Waals surface area contributed by atoms with Crippen LogP contribution in [0.15, 0.2) is 12.2 Å². The van der Waals surface area contributed by atoms with Crippen molar-refractivity contribution in [3.8, 4) is 0 Å². The van der Waals surface area contributed by atoms with Crippen LogP contribution in [0.2, 0.25) is 0 Å². The Morgan fingerprint density at radius 2 is 1.60 bits per heavy atom. The summed E-state index contributed by atoms with van der Waals surface area (Å²) in [6.07, 6.45) is 10.8. The van der Waals surface area contributed by atoms with Gasteiger partial charge in [0.15, 0.2) is 0 Å². The number of rotatable bonds is 6. The quantitative estimate of drug-likeness (QED) is 0.422. The first kappa shape index (κ1) is 17.0. The summed E-state index contributed by atoms with van der Waals surface area (Å²) < 4.78 is 25.9. The zero-order valence-corrected chi connectivity index (χ0v) is 10.3. The zero-order valence-electron chi connectivity index (χ0n) is 9.52. The summed E-state index contributed by atoms with van der Waals surface area (Å²) in [4.78, 5) is 0. The second-order valence-corrected chi connectivity index (χ2v) is 4.68. The molecule has 2 N–H and O–H groups in total. The standard InChI is InChI=1S/C9H18O.CH4O3S/c1-2-3-4-5-6-7-8-9-10;1-5(2,3)4/h6-7,10H,2-5,8-9H2,1H3;1H3,(H,2,3,4). The van der Waals surface area contributed by atoms with Crippen molar-refractivity contribution >= 4 is 10.1 Å². The molecule has 0 atom stereocenters. The van der Waals surface area contributed by atoms with Crippen molar-refractivity contribution < 1.29 is 18.1 Å². The maximum absolute atomic E-state index is 9.19. The highest BCUT2D eigenvalue weighted by Gasteiger charge is 1.81. The van der Waals surface area contributed by atoms with E-state index in [2.05, 4.69) is 19.1 Å². The second-order valence-electron chi connectivity index (χ2n) is 3.21. The van der Waals surface area contributed by atoms with Crippen molar-refractivity contribution in [2.75, 3.05) is 12.9 Å². The zero-order chi connectivity index (χ0) is 12.2. The van der Waals surface area contributed by atoms with Crippen LogP contribution in [0.5, 0.6) is 0 Å². The lowest BCUT2D eigenvalue weighted by molar-refractivity contribution is 0.302. The number of allylic oxidation sites excluding steroid dienone is 1. The third-order valence-corrected chi connectivity index (χ3v) is 1.44. The van der Waals surface area contributed by atoms with E-state index in [4.69, 9.17) is 9.66 Å². The molecule has 0 rings (SSSR count). The van der Waals surface area contributed by atoms with Gasteiger partial charge in [-0.25, -0.2) is 0 Å². The van der Waals surface area contributed by atoms with E-state index in [9.17, 15) is 8.42 Å². The van der Waals surface area contributed by atoms with Crippen molar-refractivity contribution in [3.63, 3.8) is 0 Å². The van der Waals surface area contributed by atoms with E-state index in [-0.39, 0.29) is 6.61 Å². The first-order valence-electron chi connectivity index (χ1n) is 5.10. The summed E-state index contributed by atoms with van der Waals surface area (Å²) in [7, 11) is -3.67. The molecular formula is C10H22O4S. The molecule has 4 nitrogen and oxygen atoms in total. The molecule has 15 heavy (non-hydrogen) atoms. The highest BCUT2D eigenvalue weighted by molar-refractivity contribution is 7.85. The number of hydrogen-bond acceptors (Lipinski definition) is 3. The molecule has 0 aliphatic carbocycles. The maximum Gasteiger partial charge on any atom is 0.261 e. The molecule has 0 amide bonds. The Bertz CT molecular complexity index is 224. The molecule has 0 fully saturated rings. The van der Waals surface area contributed by atoms with Gasteiger partial charge in [-0.1, -0.05) is 31.9 Å². The Labute approximate surface area is 92.8 Å². The predicted molar refractivity (Wildman–Crippen MR) is 62.5 cm³/mol. The largest absolute Gasteiger partial charge is 0.396 e. The number of unbranched alkanes of at least 4 members (excludes halogenated alkanes) is 3. The Hall–Kier alpha value is -0.390. The molecule has 0 heterocycles. The molecule has 0 aliphatic heterocycles. The smallest absolute Gasteiger partial charge is 0.261 e. The highest BCUT2D eigenvalue weighted by Crippen LogP contribution is 1.99. The lowest BCUT2D eigenvalue weighted by Gasteiger charge is -1.90. The Balaban J connectivity index is 0. The normalized spacial score (nSPS) is 11.2. The molecule has 0 spiro atoms. The number of hydrogen-bond donors (Lipinski definition) is 2. The van der Waals surface area contributed by atoms with Crippen molar-refractivity contribution in [2.45, 2.75) is 39.0 Å². The lowest BCUT2D eigenvalue weighted by Crippen LogP contribution is -1.88. The van der Waals surface area contributed by atoms with E-state index in [0.717, 1.165) is 6.42 Å². The van der Waals surface area contributed by atoms with Crippen molar-refractivity contribution in [1.29, 1.82) is 0 Å². The highest BCUT2D eigenvalue weighted by atomic mass is 32.2. The lowest BCUT2D eigenvalue weighted by atomic mass is 10.2. The van der Waals surface area contributed by atoms with Gasteiger partial charge in [0.05, 0.1) is 6.26 Å². The minimum Gasteiger partial charge on any atom is -0.396 e. The van der Waals surface area contributed by atoms with Crippen molar-refractivity contribution in [3.05, 3.63) is 12.2 Å². The number of aliphatic hydroxyl groups excluding tert-OH is 1. The summed E-state index contributed by atoms with van der Waals surface area (Å²) in [5.41, 5.74) is 0. The van der Waals surface area contributed by atoms with E-state index < -0.39 is 10.1 Å². The predicted octanol–water partition coefficient (Wildman–Crippen LogP) is 2.01. The van der Waals surface area contributed by atoms with Gasteiger partial charge < -0.3 is 5.11 Å². The molecule has 0 aromatic heterocycles. The maximum atomic E-state index is 9.19. The molecule has 0 unspecified atom stereocenters. The molecule has 0 aliphatic rings. The third-order valence-electron chi connectivity index (χ3n) is 1.44. The molecule has 0 aromatic carbocycles. The van der Waals surface area contributed by atoms with E-state index in [0.29, 0.717) is 6.26 Å². The molecular weight excluding hydrogens is 216 g/mol. The van der Waals surface area contributed by atoms with Crippen LogP contribution in [0, 0.1) is 0 Å². The van der Waals surface area contributed by atoms with Gasteiger partial charge >= 0.3 is 0 Å². The molecule has 0 saturated heterocycles. The average molecular weight is 238 g/mol. The molecule has 0 radical (unpaired) electrons. The fourth-order valence-electron chi connectivity index (χ4n) is 0.822. The van der Waals surface area contributed by atoms with Gasteiger partial charge in [-0.2, -0.15) is 8.42 Å². The SMILES string of the molecule is CCCCCC=CCCO.CS(=O)(=O)O. The van der Waals surface area contributed by atoms with E-state index in [1.54, 1.807) is 0 Å². The summed E-state index contributed by atoms with van der Waals surface area (Å²) >= 11 is 0. The molecule has 5 heteroatoms. The van der Waals surface area contributed by atoms with Crippen molar-refractivity contribution in [1.82, 2.24) is 0 Å². The minimum atomic E-state index is -3.67. The number of aliphatic hydroxyl groups is 1. The van der Waals surface area contributed by atoms with Gasteiger partial charge in [0, 0.05) is 6.61 Å². The Morgan fingerprint density at radius 1 is 1.13 bits per heavy atom. The summed E-state index contributed by atoms with van der Waals surface area (Å²) in [6, 6.07) is 0. The summed E-state index contributed by atoms with van der Waals surface area (Å²) in [6.45, 7) is 2.49. The first-order chi connectivity index (χ1) is 6.91. The van der Waals surface area contributed by atoms with Crippen LogP contribution in [-0.2, 0) is 10.1 Å². The van der Waals surface area contributed by atoms with E-state index in [1.165, 1.54) is 25.7 Å². The third kappa shape index (κ3) is 42.0. The summed E-state index contributed by atoms with van der Waals surface area (Å²) in [5, 5.41) is 8.42. The molecule has 0 aromatic rings. The van der Waals surface area contributed by atoms with Crippen LogP contribution in [0.1, 0.15) is 39.0 Å². The topological polar surface area (TPSA) is 74.6 Å². The average Bonchev–Trinajstić information content (AvgIpc) is 2.08. The van der Waals surface area contributed by atoms with Gasteiger partial charge in [-0.05, 0) is 19.3 Å². The molecule has 0 bridgehead atoms.